The van der Waals surface area contributed by atoms with Gasteiger partial charge in [0.1, 0.15) is 6.04 Å². The number of carbonyl (C=O) groups is 1. The summed E-state index contributed by atoms with van der Waals surface area (Å²) >= 11 is 0. The van der Waals surface area contributed by atoms with Gasteiger partial charge in [-0.1, -0.05) is 55.0 Å². The van der Waals surface area contributed by atoms with Crippen LogP contribution in [0.3, 0.4) is 0 Å². The molecule has 0 aromatic heterocycles. The van der Waals surface area contributed by atoms with E-state index in [0.717, 1.165) is 18.4 Å². The van der Waals surface area contributed by atoms with E-state index in [4.69, 9.17) is 4.74 Å². The lowest BCUT2D eigenvalue weighted by atomic mass is 9.99. The molecule has 0 radical (unpaired) electrons. The minimum Gasteiger partial charge on any atom is -0.468 e. The first-order valence-corrected chi connectivity index (χ1v) is 8.02. The second-order valence-electron chi connectivity index (χ2n) is 6.23. The summed E-state index contributed by atoms with van der Waals surface area (Å²) in [7, 11) is 1.47. The zero-order valence-corrected chi connectivity index (χ0v) is 13.4. The third-order valence-corrected chi connectivity index (χ3v) is 4.27. The van der Waals surface area contributed by atoms with Crippen LogP contribution in [0.2, 0.25) is 0 Å². The normalized spacial score (nSPS) is 18.0. The summed E-state index contributed by atoms with van der Waals surface area (Å²) in [5.74, 6) is -0.191. The Labute approximate surface area is 128 Å². The molecule has 1 fully saturated rings. The molecular formula is C18H27NO2. The maximum absolute atomic E-state index is 12.2. The molecule has 1 unspecified atom stereocenters. The van der Waals surface area contributed by atoms with Gasteiger partial charge in [-0.15, -0.1) is 0 Å². The van der Waals surface area contributed by atoms with E-state index in [2.05, 4.69) is 37.4 Å². The maximum atomic E-state index is 12.2. The molecule has 0 aliphatic heterocycles. The van der Waals surface area contributed by atoms with E-state index in [1.807, 2.05) is 0 Å². The highest BCUT2D eigenvalue weighted by Crippen LogP contribution is 2.23. The molecule has 0 spiro atoms. The highest BCUT2D eigenvalue weighted by molar-refractivity contribution is 5.77. The van der Waals surface area contributed by atoms with E-state index in [-0.39, 0.29) is 12.0 Å². The standard InChI is InChI=1S/C18H27NO2/c1-13-10-14(2)12-15(11-13)17(18(20)21-3)19-16-8-6-4-5-7-9-16/h10-12,16-17,19H,4-9H2,1-3H3. The maximum Gasteiger partial charge on any atom is 0.327 e. The van der Waals surface area contributed by atoms with Gasteiger partial charge in [0.15, 0.2) is 0 Å². The van der Waals surface area contributed by atoms with Crippen molar-refractivity contribution in [1.29, 1.82) is 0 Å². The van der Waals surface area contributed by atoms with Crippen LogP contribution >= 0.6 is 0 Å². The molecule has 3 nitrogen and oxygen atoms in total. The lowest BCUT2D eigenvalue weighted by molar-refractivity contribution is -0.143. The van der Waals surface area contributed by atoms with Crippen LogP contribution in [0.5, 0.6) is 0 Å². The molecule has 0 heterocycles. The average Bonchev–Trinajstić information content (AvgIpc) is 2.71. The molecule has 3 heteroatoms. The fraction of sp³-hybridized carbons (Fsp3) is 0.611. The first-order valence-electron chi connectivity index (χ1n) is 8.02. The van der Waals surface area contributed by atoms with Gasteiger partial charge < -0.3 is 4.74 Å². The predicted molar refractivity (Wildman–Crippen MR) is 85.3 cm³/mol. The number of carbonyl (C=O) groups excluding carboxylic acids is 1. The Hall–Kier alpha value is -1.35. The number of rotatable bonds is 4. The van der Waals surface area contributed by atoms with Crippen molar-refractivity contribution in [2.45, 2.75) is 64.5 Å². The van der Waals surface area contributed by atoms with Crippen LogP contribution in [0.25, 0.3) is 0 Å². The molecule has 1 aliphatic carbocycles. The van der Waals surface area contributed by atoms with Gasteiger partial charge in [0.2, 0.25) is 0 Å². The van der Waals surface area contributed by atoms with Gasteiger partial charge in [-0.2, -0.15) is 0 Å². The first-order chi connectivity index (χ1) is 10.1. The number of methoxy groups -OCH3 is 1. The van der Waals surface area contributed by atoms with Gasteiger partial charge >= 0.3 is 5.97 Å². The van der Waals surface area contributed by atoms with Crippen LogP contribution in [-0.2, 0) is 9.53 Å². The quantitative estimate of drug-likeness (QED) is 0.676. The number of nitrogens with one attached hydrogen (secondary N) is 1. The highest BCUT2D eigenvalue weighted by Gasteiger charge is 2.25. The Balaban J connectivity index is 2.19. The number of esters is 1. The van der Waals surface area contributed by atoms with Gasteiger partial charge in [-0.3, -0.25) is 5.32 Å². The van der Waals surface area contributed by atoms with Crippen LogP contribution < -0.4 is 5.32 Å². The molecule has 0 amide bonds. The van der Waals surface area contributed by atoms with Crippen molar-refractivity contribution in [3.63, 3.8) is 0 Å². The second-order valence-corrected chi connectivity index (χ2v) is 6.23. The SMILES string of the molecule is COC(=O)C(NC1CCCCCC1)c1cc(C)cc(C)c1. The van der Waals surface area contributed by atoms with Crippen molar-refractivity contribution >= 4 is 5.97 Å². The molecule has 21 heavy (non-hydrogen) atoms. The lowest BCUT2D eigenvalue weighted by Gasteiger charge is -2.24. The van der Waals surface area contributed by atoms with Crippen LogP contribution in [0.4, 0.5) is 0 Å². The molecule has 2 rings (SSSR count). The van der Waals surface area contributed by atoms with E-state index in [1.54, 1.807) is 0 Å². The van der Waals surface area contributed by atoms with Crippen molar-refractivity contribution in [2.24, 2.45) is 0 Å². The summed E-state index contributed by atoms with van der Waals surface area (Å²) in [6, 6.07) is 6.36. The molecule has 1 aromatic carbocycles. The second kappa shape index (κ2) is 7.60. The Morgan fingerprint density at radius 1 is 1.10 bits per heavy atom. The summed E-state index contributed by atoms with van der Waals surface area (Å²) in [5, 5.41) is 3.54. The molecule has 1 atom stereocenters. The minimum absolute atomic E-state index is 0.191. The fourth-order valence-electron chi connectivity index (χ4n) is 3.28. The smallest absolute Gasteiger partial charge is 0.327 e. The van der Waals surface area contributed by atoms with E-state index in [0.29, 0.717) is 6.04 Å². The zero-order valence-electron chi connectivity index (χ0n) is 13.4. The molecule has 1 saturated carbocycles. The topological polar surface area (TPSA) is 38.3 Å². The fourth-order valence-corrected chi connectivity index (χ4v) is 3.28. The Morgan fingerprint density at radius 2 is 1.67 bits per heavy atom. The third kappa shape index (κ3) is 4.57. The molecular weight excluding hydrogens is 262 g/mol. The minimum atomic E-state index is -0.350. The van der Waals surface area contributed by atoms with E-state index < -0.39 is 0 Å². The summed E-state index contributed by atoms with van der Waals surface area (Å²) in [4.78, 5) is 12.2. The van der Waals surface area contributed by atoms with E-state index >= 15 is 0 Å². The molecule has 116 valence electrons. The van der Waals surface area contributed by atoms with Gasteiger partial charge in [0.05, 0.1) is 7.11 Å². The Morgan fingerprint density at radius 3 is 2.19 bits per heavy atom. The van der Waals surface area contributed by atoms with Crippen LogP contribution in [0.1, 0.15) is 61.3 Å². The Kier molecular flexibility index (Phi) is 5.80. The molecule has 1 aliphatic rings. The predicted octanol–water partition coefficient (Wildman–Crippen LogP) is 3.83. The summed E-state index contributed by atoms with van der Waals surface area (Å²) in [6.07, 6.45) is 7.42. The summed E-state index contributed by atoms with van der Waals surface area (Å²) in [6.45, 7) is 4.13. The van der Waals surface area contributed by atoms with Gasteiger partial charge in [-0.05, 0) is 32.3 Å². The van der Waals surface area contributed by atoms with Gasteiger partial charge in [0.25, 0.3) is 0 Å². The average molecular weight is 289 g/mol. The number of aryl methyl sites for hydroxylation is 2. The summed E-state index contributed by atoms with van der Waals surface area (Å²) < 4.78 is 5.02. The number of hydrogen-bond acceptors (Lipinski definition) is 3. The molecule has 1 aromatic rings. The number of ether oxygens (including phenoxy) is 1. The summed E-state index contributed by atoms with van der Waals surface area (Å²) in [5.41, 5.74) is 3.38. The molecule has 0 saturated heterocycles. The Bertz CT molecular complexity index is 456. The van der Waals surface area contributed by atoms with Crippen molar-refractivity contribution in [3.05, 3.63) is 34.9 Å². The van der Waals surface area contributed by atoms with Crippen molar-refractivity contribution in [2.75, 3.05) is 7.11 Å². The largest absolute Gasteiger partial charge is 0.468 e. The van der Waals surface area contributed by atoms with Crippen molar-refractivity contribution in [3.8, 4) is 0 Å². The third-order valence-electron chi connectivity index (χ3n) is 4.27. The molecule has 1 N–H and O–H groups in total. The van der Waals surface area contributed by atoms with Crippen molar-refractivity contribution in [1.82, 2.24) is 5.32 Å². The van der Waals surface area contributed by atoms with Crippen LogP contribution in [0, 0.1) is 13.8 Å². The first kappa shape index (κ1) is 16.0. The zero-order chi connectivity index (χ0) is 15.2. The monoisotopic (exact) mass is 289 g/mol. The highest BCUT2D eigenvalue weighted by atomic mass is 16.5. The molecule has 0 bridgehead atoms. The van der Waals surface area contributed by atoms with Crippen molar-refractivity contribution < 1.29 is 9.53 Å². The number of hydrogen-bond donors (Lipinski definition) is 1. The van der Waals surface area contributed by atoms with E-state index in [1.165, 1.54) is 43.9 Å². The lowest BCUT2D eigenvalue weighted by Crippen LogP contribution is -2.37. The number of benzene rings is 1. The van der Waals surface area contributed by atoms with Gasteiger partial charge in [-0.25, -0.2) is 4.79 Å². The van der Waals surface area contributed by atoms with Crippen LogP contribution in [0.15, 0.2) is 18.2 Å². The van der Waals surface area contributed by atoms with Gasteiger partial charge in [0, 0.05) is 6.04 Å². The van der Waals surface area contributed by atoms with Crippen LogP contribution in [-0.4, -0.2) is 19.1 Å². The van der Waals surface area contributed by atoms with E-state index in [9.17, 15) is 4.79 Å².